The number of piperidine rings is 1. The van der Waals surface area contributed by atoms with E-state index in [1.54, 1.807) is 0 Å². The third-order valence-electron chi connectivity index (χ3n) is 4.88. The molecule has 1 aromatic carbocycles. The number of carbonyl (C=O) groups excluding carboxylic acids is 1. The molecule has 2 aliphatic heterocycles. The van der Waals surface area contributed by atoms with E-state index in [0.29, 0.717) is 18.4 Å². The summed E-state index contributed by atoms with van der Waals surface area (Å²) >= 11 is 3.45. The van der Waals surface area contributed by atoms with Gasteiger partial charge in [-0.25, -0.2) is 0 Å². The summed E-state index contributed by atoms with van der Waals surface area (Å²) in [4.78, 5) is 17.4. The second-order valence-electron chi connectivity index (χ2n) is 6.55. The van der Waals surface area contributed by atoms with Crippen molar-refractivity contribution in [2.24, 2.45) is 0 Å². The molecule has 1 atom stereocenters. The quantitative estimate of drug-likeness (QED) is 0.816. The van der Waals surface area contributed by atoms with E-state index >= 15 is 0 Å². The van der Waals surface area contributed by atoms with Crippen molar-refractivity contribution in [1.29, 1.82) is 0 Å². The molecule has 3 rings (SSSR count). The van der Waals surface area contributed by atoms with Gasteiger partial charge in [0.25, 0.3) is 0 Å². The molecule has 0 bridgehead atoms. The summed E-state index contributed by atoms with van der Waals surface area (Å²) in [6, 6.07) is 8.54. The van der Waals surface area contributed by atoms with E-state index in [-0.39, 0.29) is 0 Å². The summed E-state index contributed by atoms with van der Waals surface area (Å²) in [5.74, 6) is 0.297. The molecule has 0 N–H and O–H groups in total. The maximum absolute atomic E-state index is 12.7. The Bertz CT molecular complexity index is 496. The van der Waals surface area contributed by atoms with Crippen LogP contribution in [0.15, 0.2) is 28.7 Å². The van der Waals surface area contributed by atoms with Gasteiger partial charge in [0.1, 0.15) is 0 Å². The molecule has 1 amide bonds. The largest absolute Gasteiger partial charge is 0.338 e. The molecule has 0 aromatic heterocycles. The van der Waals surface area contributed by atoms with Crippen molar-refractivity contribution in [3.8, 4) is 0 Å². The number of benzene rings is 1. The minimum Gasteiger partial charge on any atom is -0.338 e. The second-order valence-corrected chi connectivity index (χ2v) is 7.46. The van der Waals surface area contributed by atoms with Crippen LogP contribution in [-0.4, -0.2) is 47.9 Å². The van der Waals surface area contributed by atoms with Crippen molar-refractivity contribution in [2.75, 3.05) is 26.2 Å². The van der Waals surface area contributed by atoms with Gasteiger partial charge in [0.15, 0.2) is 0 Å². The van der Waals surface area contributed by atoms with E-state index in [2.05, 4.69) is 25.7 Å². The molecule has 0 unspecified atom stereocenters. The molecule has 2 fully saturated rings. The first-order chi connectivity index (χ1) is 10.7. The molecule has 120 valence electrons. The van der Waals surface area contributed by atoms with E-state index in [1.807, 2.05) is 24.3 Å². The zero-order valence-corrected chi connectivity index (χ0v) is 14.7. The van der Waals surface area contributed by atoms with Crippen molar-refractivity contribution in [3.63, 3.8) is 0 Å². The van der Waals surface area contributed by atoms with Gasteiger partial charge in [0.05, 0.1) is 6.42 Å². The van der Waals surface area contributed by atoms with Crippen LogP contribution in [0.25, 0.3) is 0 Å². The Morgan fingerprint density at radius 2 is 1.73 bits per heavy atom. The minimum atomic E-state index is 0.297. The molecule has 2 aliphatic rings. The van der Waals surface area contributed by atoms with Crippen LogP contribution in [0.4, 0.5) is 0 Å². The van der Waals surface area contributed by atoms with Gasteiger partial charge in [-0.2, -0.15) is 0 Å². The van der Waals surface area contributed by atoms with Gasteiger partial charge in [-0.05, 0) is 62.9 Å². The average Bonchev–Trinajstić information content (AvgIpc) is 3.03. The lowest BCUT2D eigenvalue weighted by Gasteiger charge is -2.38. The van der Waals surface area contributed by atoms with Crippen LogP contribution < -0.4 is 0 Å². The molecule has 0 spiro atoms. The molecule has 2 saturated heterocycles. The smallest absolute Gasteiger partial charge is 0.227 e. The third-order valence-corrected chi connectivity index (χ3v) is 5.41. The predicted molar refractivity (Wildman–Crippen MR) is 92.9 cm³/mol. The molecule has 0 saturated carbocycles. The van der Waals surface area contributed by atoms with Crippen LogP contribution >= 0.6 is 15.9 Å². The molecular formula is C18H25BrN2O. The Morgan fingerprint density at radius 1 is 1.05 bits per heavy atom. The van der Waals surface area contributed by atoms with E-state index in [9.17, 15) is 4.79 Å². The van der Waals surface area contributed by atoms with Gasteiger partial charge in [-0.3, -0.25) is 4.79 Å². The number of hydrogen-bond donors (Lipinski definition) is 0. The monoisotopic (exact) mass is 364 g/mol. The number of halogens is 1. The second kappa shape index (κ2) is 7.60. The molecule has 0 radical (unpaired) electrons. The van der Waals surface area contributed by atoms with E-state index in [0.717, 1.165) is 29.5 Å². The molecular weight excluding hydrogens is 340 g/mol. The van der Waals surface area contributed by atoms with Crippen LogP contribution in [-0.2, 0) is 11.2 Å². The summed E-state index contributed by atoms with van der Waals surface area (Å²) < 4.78 is 1.06. The van der Waals surface area contributed by atoms with Crippen LogP contribution in [0.1, 0.15) is 37.7 Å². The third kappa shape index (κ3) is 4.11. The molecule has 1 aromatic rings. The summed E-state index contributed by atoms with van der Waals surface area (Å²) in [7, 11) is 0. The lowest BCUT2D eigenvalue weighted by Crippen LogP contribution is -2.49. The van der Waals surface area contributed by atoms with Gasteiger partial charge in [0, 0.05) is 23.6 Å². The van der Waals surface area contributed by atoms with Crippen molar-refractivity contribution in [2.45, 2.75) is 44.6 Å². The Hall–Kier alpha value is -0.870. The average molecular weight is 365 g/mol. The Kier molecular flexibility index (Phi) is 5.53. The topological polar surface area (TPSA) is 23.6 Å². The SMILES string of the molecule is O=C(Cc1ccc(Br)cc1)N1CCCC[C@H]1CN1CCCC1. The number of carbonyl (C=O) groups is 1. The maximum Gasteiger partial charge on any atom is 0.227 e. The highest BCUT2D eigenvalue weighted by Gasteiger charge is 2.28. The molecule has 22 heavy (non-hydrogen) atoms. The molecule has 4 heteroatoms. The normalized spacial score (nSPS) is 23.0. The fraction of sp³-hybridized carbons (Fsp3) is 0.611. The van der Waals surface area contributed by atoms with Crippen LogP contribution in [0.2, 0.25) is 0 Å². The standard InChI is InChI=1S/C18H25BrN2O/c19-16-8-6-15(7-9-16)13-18(22)21-12-2-1-5-17(21)14-20-10-3-4-11-20/h6-9,17H,1-5,10-14H2/t17-/m0/s1. The van der Waals surface area contributed by atoms with Crippen molar-refractivity contribution in [1.82, 2.24) is 9.80 Å². The molecule has 0 aliphatic carbocycles. The van der Waals surface area contributed by atoms with Gasteiger partial charge in [-0.1, -0.05) is 28.1 Å². The lowest BCUT2D eigenvalue weighted by atomic mass is 10.00. The van der Waals surface area contributed by atoms with Crippen LogP contribution in [0, 0.1) is 0 Å². The Balaban J connectivity index is 1.61. The fourth-order valence-corrected chi connectivity index (χ4v) is 3.92. The summed E-state index contributed by atoms with van der Waals surface area (Å²) in [6.07, 6.45) is 6.76. The van der Waals surface area contributed by atoms with Gasteiger partial charge in [-0.15, -0.1) is 0 Å². The van der Waals surface area contributed by atoms with Crippen molar-refractivity contribution >= 4 is 21.8 Å². The number of amides is 1. The first-order valence-corrected chi connectivity index (χ1v) is 9.28. The first kappa shape index (κ1) is 16.0. The highest BCUT2D eigenvalue weighted by atomic mass is 79.9. The zero-order valence-electron chi connectivity index (χ0n) is 13.1. The van der Waals surface area contributed by atoms with Gasteiger partial charge in [0.2, 0.25) is 5.91 Å². The van der Waals surface area contributed by atoms with E-state index < -0.39 is 0 Å². The predicted octanol–water partition coefficient (Wildman–Crippen LogP) is 3.47. The number of nitrogens with zero attached hydrogens (tertiary/aromatic N) is 2. The number of likely N-dealkylation sites (tertiary alicyclic amines) is 2. The number of rotatable bonds is 4. The Labute approximate surface area is 141 Å². The lowest BCUT2D eigenvalue weighted by molar-refractivity contribution is -0.134. The highest BCUT2D eigenvalue weighted by Crippen LogP contribution is 2.21. The van der Waals surface area contributed by atoms with Crippen molar-refractivity contribution < 1.29 is 4.79 Å². The summed E-state index contributed by atoms with van der Waals surface area (Å²) in [6.45, 7) is 4.44. The van der Waals surface area contributed by atoms with Crippen LogP contribution in [0.5, 0.6) is 0 Å². The maximum atomic E-state index is 12.7. The summed E-state index contributed by atoms with van der Waals surface area (Å²) in [5, 5.41) is 0. The van der Waals surface area contributed by atoms with E-state index in [4.69, 9.17) is 0 Å². The highest BCUT2D eigenvalue weighted by molar-refractivity contribution is 9.10. The van der Waals surface area contributed by atoms with Crippen molar-refractivity contribution in [3.05, 3.63) is 34.3 Å². The zero-order chi connectivity index (χ0) is 15.4. The van der Waals surface area contributed by atoms with Crippen LogP contribution in [0.3, 0.4) is 0 Å². The summed E-state index contributed by atoms with van der Waals surface area (Å²) in [5.41, 5.74) is 1.11. The minimum absolute atomic E-state index is 0.297. The Morgan fingerprint density at radius 3 is 2.45 bits per heavy atom. The van der Waals surface area contributed by atoms with Gasteiger partial charge >= 0.3 is 0 Å². The number of hydrogen-bond acceptors (Lipinski definition) is 2. The first-order valence-electron chi connectivity index (χ1n) is 8.48. The molecule has 3 nitrogen and oxygen atoms in total. The molecule has 2 heterocycles. The fourth-order valence-electron chi connectivity index (χ4n) is 3.66. The van der Waals surface area contributed by atoms with Gasteiger partial charge < -0.3 is 9.80 Å². The van der Waals surface area contributed by atoms with E-state index in [1.165, 1.54) is 38.8 Å².